The van der Waals surface area contributed by atoms with E-state index >= 15 is 0 Å². The minimum absolute atomic E-state index is 0.00384. The van der Waals surface area contributed by atoms with E-state index in [-0.39, 0.29) is 17.5 Å². The van der Waals surface area contributed by atoms with Gasteiger partial charge in [0.1, 0.15) is 11.9 Å². The first-order chi connectivity index (χ1) is 15.9. The van der Waals surface area contributed by atoms with Crippen LogP contribution in [-0.2, 0) is 4.74 Å². The third kappa shape index (κ3) is 5.60. The highest BCUT2D eigenvalue weighted by Crippen LogP contribution is 2.31. The second-order valence-corrected chi connectivity index (χ2v) is 9.01. The van der Waals surface area contributed by atoms with Crippen LogP contribution in [-0.4, -0.2) is 18.0 Å². The molecule has 1 fully saturated rings. The molecule has 33 heavy (non-hydrogen) atoms. The Morgan fingerprint density at radius 3 is 2.45 bits per heavy atom. The van der Waals surface area contributed by atoms with Crippen LogP contribution < -0.4 is 10.6 Å². The first kappa shape index (κ1) is 23.0. The van der Waals surface area contributed by atoms with E-state index in [4.69, 9.17) is 4.74 Å². The van der Waals surface area contributed by atoms with Crippen molar-refractivity contribution in [1.82, 2.24) is 0 Å². The summed E-state index contributed by atoms with van der Waals surface area (Å²) in [7, 11) is 0. The number of carbonyl (C=O) groups excluding carboxylic acids is 2. The molecule has 0 heterocycles. The lowest BCUT2D eigenvalue weighted by Gasteiger charge is -2.16. The van der Waals surface area contributed by atoms with E-state index in [0.717, 1.165) is 35.7 Å². The average molecular weight is 511 g/mol. The Labute approximate surface area is 200 Å². The van der Waals surface area contributed by atoms with Crippen molar-refractivity contribution in [1.29, 1.82) is 0 Å². The zero-order valence-electron chi connectivity index (χ0n) is 18.2. The second-order valence-electron chi connectivity index (χ2n) is 8.09. The molecule has 0 saturated heterocycles. The van der Waals surface area contributed by atoms with Crippen molar-refractivity contribution in [3.05, 3.63) is 87.6 Å². The van der Waals surface area contributed by atoms with Gasteiger partial charge in [-0.05, 0) is 74.6 Å². The molecule has 1 aliphatic rings. The molecule has 1 saturated carbocycles. The van der Waals surface area contributed by atoms with Gasteiger partial charge < -0.3 is 10.1 Å². The molecule has 5 nitrogen and oxygen atoms in total. The summed E-state index contributed by atoms with van der Waals surface area (Å²) in [5.74, 6) is -0.988. The highest BCUT2D eigenvalue weighted by Gasteiger charge is 2.20. The standard InChI is InChI=1S/C26H24BrFN2O3/c1-16-6-2-5-9-20(16)25(31)21-12-11-18(15-22(21)28)29-23-13-10-17(27)14-24(23)30-26(32)33-19-7-3-4-8-19/h2,5-6,9-15,19,29H,3-4,7-8H2,1H3,(H,30,32). The molecular formula is C26H24BrFN2O3. The number of carbonyl (C=O) groups is 2. The molecule has 1 amide bonds. The van der Waals surface area contributed by atoms with Gasteiger partial charge in [-0.3, -0.25) is 10.1 Å². The number of nitrogens with one attached hydrogen (secondary N) is 2. The topological polar surface area (TPSA) is 67.4 Å². The molecule has 2 N–H and O–H groups in total. The summed E-state index contributed by atoms with van der Waals surface area (Å²) in [4.78, 5) is 25.1. The normalized spacial score (nSPS) is 13.5. The SMILES string of the molecule is Cc1ccccc1C(=O)c1ccc(Nc2ccc(Br)cc2NC(=O)OC2CCCC2)cc1F. The highest BCUT2D eigenvalue weighted by molar-refractivity contribution is 9.10. The monoisotopic (exact) mass is 510 g/mol. The molecule has 0 radical (unpaired) electrons. The third-order valence-corrected chi connectivity index (χ3v) is 6.17. The van der Waals surface area contributed by atoms with E-state index in [9.17, 15) is 14.0 Å². The summed E-state index contributed by atoms with van der Waals surface area (Å²) in [6.07, 6.45) is 3.31. The summed E-state index contributed by atoms with van der Waals surface area (Å²) < 4.78 is 21.1. The summed E-state index contributed by atoms with van der Waals surface area (Å²) in [6.45, 7) is 1.82. The highest BCUT2D eigenvalue weighted by atomic mass is 79.9. The van der Waals surface area contributed by atoms with Crippen molar-refractivity contribution in [3.63, 3.8) is 0 Å². The number of aryl methyl sites for hydroxylation is 1. The number of hydrogen-bond donors (Lipinski definition) is 2. The number of ketones is 1. The first-order valence-corrected chi connectivity index (χ1v) is 11.6. The number of halogens is 2. The van der Waals surface area contributed by atoms with Gasteiger partial charge in [-0.25, -0.2) is 9.18 Å². The molecule has 3 aromatic rings. The zero-order valence-corrected chi connectivity index (χ0v) is 19.7. The molecule has 0 unspecified atom stereocenters. The Balaban J connectivity index is 1.52. The summed E-state index contributed by atoms with van der Waals surface area (Å²) in [6, 6.07) is 16.8. The number of amides is 1. The van der Waals surface area contributed by atoms with Crippen molar-refractivity contribution >= 4 is 44.9 Å². The van der Waals surface area contributed by atoms with E-state index in [1.165, 1.54) is 12.1 Å². The van der Waals surface area contributed by atoms with Gasteiger partial charge in [0.15, 0.2) is 5.78 Å². The van der Waals surface area contributed by atoms with Crippen molar-refractivity contribution in [2.45, 2.75) is 38.7 Å². The van der Waals surface area contributed by atoms with Crippen molar-refractivity contribution < 1.29 is 18.7 Å². The minimum atomic E-state index is -0.625. The first-order valence-electron chi connectivity index (χ1n) is 10.8. The van der Waals surface area contributed by atoms with Gasteiger partial charge in [-0.15, -0.1) is 0 Å². The predicted octanol–water partition coefficient (Wildman–Crippen LogP) is 7.36. The summed E-state index contributed by atoms with van der Waals surface area (Å²) >= 11 is 3.41. The maximum absolute atomic E-state index is 14.9. The molecule has 0 aliphatic heterocycles. The average Bonchev–Trinajstić information content (AvgIpc) is 3.28. The van der Waals surface area contributed by atoms with Crippen molar-refractivity contribution in [3.8, 4) is 0 Å². The van der Waals surface area contributed by atoms with Gasteiger partial charge >= 0.3 is 6.09 Å². The van der Waals surface area contributed by atoms with Crippen LogP contribution in [0.4, 0.5) is 26.2 Å². The third-order valence-electron chi connectivity index (χ3n) is 5.68. The molecule has 0 spiro atoms. The van der Waals surface area contributed by atoms with Crippen LogP contribution in [0.15, 0.2) is 65.1 Å². The number of benzene rings is 3. The maximum Gasteiger partial charge on any atom is 0.411 e. The van der Waals surface area contributed by atoms with Gasteiger partial charge in [0.05, 0.1) is 16.9 Å². The van der Waals surface area contributed by atoms with Crippen LogP contribution >= 0.6 is 15.9 Å². The van der Waals surface area contributed by atoms with E-state index in [1.807, 2.05) is 25.1 Å². The molecule has 1 aliphatic carbocycles. The maximum atomic E-state index is 14.9. The molecule has 0 bridgehead atoms. The molecule has 0 atom stereocenters. The Morgan fingerprint density at radius 1 is 0.970 bits per heavy atom. The Hall–Kier alpha value is -3.19. The summed E-state index contributed by atoms with van der Waals surface area (Å²) in [5.41, 5.74) is 2.77. The minimum Gasteiger partial charge on any atom is -0.446 e. The second kappa shape index (κ2) is 10.2. The Bertz CT molecular complexity index is 1190. The van der Waals surface area contributed by atoms with Gasteiger partial charge in [0.25, 0.3) is 0 Å². The van der Waals surface area contributed by atoms with Gasteiger partial charge in [0.2, 0.25) is 0 Å². The van der Waals surface area contributed by atoms with Gasteiger partial charge in [0, 0.05) is 15.7 Å². The largest absolute Gasteiger partial charge is 0.446 e. The van der Waals surface area contributed by atoms with Crippen molar-refractivity contribution in [2.75, 3.05) is 10.6 Å². The van der Waals surface area contributed by atoms with Crippen LogP contribution in [0.5, 0.6) is 0 Å². The number of ether oxygens (including phenoxy) is 1. The predicted molar refractivity (Wildman–Crippen MR) is 131 cm³/mol. The van der Waals surface area contributed by atoms with Crippen LogP contribution in [0.25, 0.3) is 0 Å². The molecule has 0 aromatic heterocycles. The molecule has 170 valence electrons. The molecule has 4 rings (SSSR count). The number of rotatable bonds is 6. The van der Waals surface area contributed by atoms with Gasteiger partial charge in [-0.1, -0.05) is 40.2 Å². The van der Waals surface area contributed by atoms with Gasteiger partial charge in [-0.2, -0.15) is 0 Å². The lowest BCUT2D eigenvalue weighted by Crippen LogP contribution is -2.20. The van der Waals surface area contributed by atoms with Crippen LogP contribution in [0.3, 0.4) is 0 Å². The lowest BCUT2D eigenvalue weighted by molar-refractivity contribution is 0.103. The molecular weight excluding hydrogens is 487 g/mol. The lowest BCUT2D eigenvalue weighted by atomic mass is 9.98. The number of anilines is 3. The van der Waals surface area contributed by atoms with Crippen LogP contribution in [0.2, 0.25) is 0 Å². The summed E-state index contributed by atoms with van der Waals surface area (Å²) in [5, 5.41) is 5.88. The fourth-order valence-corrected chi connectivity index (χ4v) is 4.29. The smallest absolute Gasteiger partial charge is 0.411 e. The van der Waals surface area contributed by atoms with E-state index < -0.39 is 11.9 Å². The molecule has 3 aromatic carbocycles. The zero-order chi connectivity index (χ0) is 23.4. The Kier molecular flexibility index (Phi) is 7.08. The Morgan fingerprint density at radius 2 is 1.73 bits per heavy atom. The fraction of sp³-hybridized carbons (Fsp3) is 0.231. The van der Waals surface area contributed by atoms with Crippen molar-refractivity contribution in [2.24, 2.45) is 0 Å². The quantitative estimate of drug-likeness (QED) is 0.340. The molecule has 7 heteroatoms. The fourth-order valence-electron chi connectivity index (χ4n) is 3.93. The number of hydrogen-bond acceptors (Lipinski definition) is 4. The van der Waals surface area contributed by atoms with E-state index in [0.29, 0.717) is 22.6 Å². The van der Waals surface area contributed by atoms with Crippen LogP contribution in [0, 0.1) is 12.7 Å². The van der Waals surface area contributed by atoms with E-state index in [2.05, 4.69) is 26.6 Å². The van der Waals surface area contributed by atoms with Crippen LogP contribution in [0.1, 0.15) is 47.2 Å². The van der Waals surface area contributed by atoms with E-state index in [1.54, 1.807) is 30.3 Å².